The van der Waals surface area contributed by atoms with E-state index in [1.54, 1.807) is 0 Å². The Hall–Kier alpha value is -5.60. The van der Waals surface area contributed by atoms with Crippen LogP contribution in [-0.4, -0.2) is 10.6 Å². The highest BCUT2D eigenvalue weighted by atomic mass is 15.2. The smallest absolute Gasteiger partial charge is 0.0560 e. The first-order chi connectivity index (χ1) is 26.0. The molecule has 0 N–H and O–H groups in total. The largest absolute Gasteiger partial charge is 0.337 e. The second-order valence-electron chi connectivity index (χ2n) is 15.9. The summed E-state index contributed by atoms with van der Waals surface area (Å²) in [5.41, 5.74) is 14.8. The van der Waals surface area contributed by atoms with E-state index < -0.39 is 0 Å². The van der Waals surface area contributed by atoms with Gasteiger partial charge in [0.15, 0.2) is 0 Å². The van der Waals surface area contributed by atoms with Gasteiger partial charge in [-0.15, -0.1) is 0 Å². The molecule has 2 heteroatoms. The molecule has 4 aliphatic rings. The molecule has 0 amide bonds. The number of aromatic nitrogens is 1. The standard InChI is InChI=1S/C51H46N2/c1-51(2)47-19-11-9-17-43(47)44-31-30-42(34-48(44)51)52(40-26-21-36(22-27-40)35-13-5-3-6-14-35)41-28-23-37(24-29-41)38-25-32-50-46(33-38)45-18-10-12-20-49(45)53(50)39-15-7-4-8-16-39/h3-7,9-14,17-21,23-28,30-34,36,39,41H,8,15-16,22,29H2,1-2H3. The fourth-order valence-electron chi connectivity index (χ4n) is 9.71. The van der Waals surface area contributed by atoms with Crippen molar-refractivity contribution in [3.05, 3.63) is 192 Å². The van der Waals surface area contributed by atoms with Crippen molar-refractivity contribution >= 4 is 33.1 Å². The van der Waals surface area contributed by atoms with Crippen LogP contribution in [0.1, 0.15) is 80.2 Å². The van der Waals surface area contributed by atoms with Crippen molar-refractivity contribution in [3.8, 4) is 11.1 Å². The minimum absolute atomic E-state index is 0.0479. The first-order valence-corrected chi connectivity index (χ1v) is 19.6. The lowest BCUT2D eigenvalue weighted by molar-refractivity contribution is 0.485. The molecule has 0 spiro atoms. The minimum Gasteiger partial charge on any atom is -0.337 e. The zero-order valence-electron chi connectivity index (χ0n) is 30.8. The fourth-order valence-corrected chi connectivity index (χ4v) is 9.71. The van der Waals surface area contributed by atoms with E-state index in [4.69, 9.17) is 0 Å². The lowest BCUT2D eigenvalue weighted by Gasteiger charge is -2.36. The number of anilines is 1. The summed E-state index contributed by atoms with van der Waals surface area (Å²) >= 11 is 0. The van der Waals surface area contributed by atoms with Gasteiger partial charge in [0.25, 0.3) is 0 Å². The Bertz CT molecular complexity index is 2530. The molecule has 0 fully saturated rings. The van der Waals surface area contributed by atoms with Gasteiger partial charge in [0.05, 0.1) is 6.04 Å². The zero-order valence-corrected chi connectivity index (χ0v) is 30.8. The summed E-state index contributed by atoms with van der Waals surface area (Å²) in [6.07, 6.45) is 24.6. The molecule has 3 unspecified atom stereocenters. The van der Waals surface area contributed by atoms with Crippen LogP contribution in [0.5, 0.6) is 0 Å². The highest BCUT2D eigenvalue weighted by molar-refractivity contribution is 6.09. The Kier molecular flexibility index (Phi) is 7.76. The van der Waals surface area contributed by atoms with Crippen molar-refractivity contribution in [2.75, 3.05) is 4.90 Å². The van der Waals surface area contributed by atoms with Gasteiger partial charge >= 0.3 is 0 Å². The number of rotatable bonds is 6. The third-order valence-electron chi connectivity index (χ3n) is 12.5. The van der Waals surface area contributed by atoms with Gasteiger partial charge in [0.1, 0.15) is 0 Å². The first-order valence-electron chi connectivity index (χ1n) is 19.6. The topological polar surface area (TPSA) is 8.17 Å². The lowest BCUT2D eigenvalue weighted by atomic mass is 9.82. The van der Waals surface area contributed by atoms with Crippen LogP contribution >= 0.6 is 0 Å². The average molecular weight is 687 g/mol. The van der Waals surface area contributed by atoms with Crippen molar-refractivity contribution in [1.29, 1.82) is 0 Å². The quantitative estimate of drug-likeness (QED) is 0.158. The molecule has 5 aromatic carbocycles. The maximum atomic E-state index is 2.61. The third-order valence-corrected chi connectivity index (χ3v) is 12.5. The van der Waals surface area contributed by atoms with E-state index in [9.17, 15) is 0 Å². The predicted octanol–water partition coefficient (Wildman–Crippen LogP) is 13.2. The summed E-state index contributed by atoms with van der Waals surface area (Å²) in [4.78, 5) is 2.59. The number of fused-ring (bicyclic) bond motifs is 6. The molecule has 260 valence electrons. The van der Waals surface area contributed by atoms with Crippen LogP contribution in [-0.2, 0) is 5.41 Å². The summed E-state index contributed by atoms with van der Waals surface area (Å²) in [6, 6.07) is 43.9. The Morgan fingerprint density at radius 1 is 0.642 bits per heavy atom. The van der Waals surface area contributed by atoms with E-state index >= 15 is 0 Å². The maximum absolute atomic E-state index is 2.61. The van der Waals surface area contributed by atoms with Gasteiger partial charge in [-0.1, -0.05) is 141 Å². The summed E-state index contributed by atoms with van der Waals surface area (Å²) in [5.74, 6) is 0.402. The monoisotopic (exact) mass is 686 g/mol. The Balaban J connectivity index is 0.998. The molecular formula is C51H46N2. The maximum Gasteiger partial charge on any atom is 0.0560 e. The molecule has 3 atom stereocenters. The Labute approximate surface area is 313 Å². The number of para-hydroxylation sites is 1. The lowest BCUT2D eigenvalue weighted by Crippen LogP contribution is -2.34. The summed E-state index contributed by atoms with van der Waals surface area (Å²) in [6.45, 7) is 4.76. The molecular weight excluding hydrogens is 641 g/mol. The van der Waals surface area contributed by atoms with Gasteiger partial charge < -0.3 is 9.47 Å². The van der Waals surface area contributed by atoms with Crippen LogP contribution in [0.3, 0.4) is 0 Å². The van der Waals surface area contributed by atoms with E-state index in [-0.39, 0.29) is 11.5 Å². The van der Waals surface area contributed by atoms with Crippen LogP contribution < -0.4 is 4.90 Å². The SMILES string of the molecule is CC1(C)c2ccccc2-c2ccc(N(C3=CCC(c4ccccc4)C=C3)C3C=CC(c4ccc5c(c4)c4ccccc4n5C4CC=CCC4)=CC3)cc21. The van der Waals surface area contributed by atoms with Crippen molar-refractivity contribution in [1.82, 2.24) is 4.57 Å². The van der Waals surface area contributed by atoms with Crippen molar-refractivity contribution in [2.24, 2.45) is 0 Å². The third kappa shape index (κ3) is 5.38. The van der Waals surface area contributed by atoms with Gasteiger partial charge in [-0.3, -0.25) is 0 Å². The molecule has 0 aliphatic heterocycles. The van der Waals surface area contributed by atoms with Crippen LogP contribution in [0.15, 0.2) is 170 Å². The fraction of sp³-hybridized carbons (Fsp3) is 0.216. The number of hydrogen-bond donors (Lipinski definition) is 0. The van der Waals surface area contributed by atoms with Crippen molar-refractivity contribution in [3.63, 3.8) is 0 Å². The van der Waals surface area contributed by atoms with Crippen molar-refractivity contribution < 1.29 is 0 Å². The first kappa shape index (κ1) is 32.1. The molecule has 1 heterocycles. The zero-order chi connectivity index (χ0) is 35.5. The summed E-state index contributed by atoms with van der Waals surface area (Å²) < 4.78 is 2.61. The van der Waals surface area contributed by atoms with Gasteiger partial charge in [-0.05, 0) is 107 Å². The van der Waals surface area contributed by atoms with Gasteiger partial charge in [0, 0.05) is 50.6 Å². The van der Waals surface area contributed by atoms with Gasteiger partial charge in [0.2, 0.25) is 0 Å². The average Bonchev–Trinajstić information content (AvgIpc) is 3.67. The second kappa shape index (κ2) is 12.8. The minimum atomic E-state index is -0.0479. The molecule has 2 nitrogen and oxygen atoms in total. The Morgan fingerprint density at radius 2 is 1.45 bits per heavy atom. The molecule has 1 aromatic heterocycles. The molecule has 53 heavy (non-hydrogen) atoms. The molecule has 0 saturated carbocycles. The van der Waals surface area contributed by atoms with E-state index in [0.29, 0.717) is 12.0 Å². The van der Waals surface area contributed by atoms with Crippen LogP contribution in [0.25, 0.3) is 38.5 Å². The molecule has 0 bridgehead atoms. The van der Waals surface area contributed by atoms with Gasteiger partial charge in [-0.2, -0.15) is 0 Å². The summed E-state index contributed by atoms with van der Waals surface area (Å²) in [7, 11) is 0. The van der Waals surface area contributed by atoms with Crippen LogP contribution in [0, 0.1) is 0 Å². The second-order valence-corrected chi connectivity index (χ2v) is 15.9. The van der Waals surface area contributed by atoms with E-state index in [2.05, 4.69) is 187 Å². The normalized spacial score (nSPS) is 21.4. The van der Waals surface area contributed by atoms with Crippen LogP contribution in [0.4, 0.5) is 5.69 Å². The van der Waals surface area contributed by atoms with Crippen molar-refractivity contribution in [2.45, 2.75) is 69.4 Å². The molecule has 6 aromatic rings. The van der Waals surface area contributed by atoms with Crippen LogP contribution in [0.2, 0.25) is 0 Å². The highest BCUT2D eigenvalue weighted by Gasteiger charge is 2.36. The predicted molar refractivity (Wildman–Crippen MR) is 225 cm³/mol. The van der Waals surface area contributed by atoms with E-state index in [1.165, 1.54) is 78.6 Å². The Morgan fingerprint density at radius 3 is 2.26 bits per heavy atom. The van der Waals surface area contributed by atoms with Gasteiger partial charge in [-0.25, -0.2) is 0 Å². The summed E-state index contributed by atoms with van der Waals surface area (Å²) in [5, 5.41) is 2.72. The number of benzene rings is 5. The molecule has 4 aliphatic carbocycles. The molecule has 10 rings (SSSR count). The molecule has 0 radical (unpaired) electrons. The van der Waals surface area contributed by atoms with E-state index in [0.717, 1.165) is 25.7 Å². The van der Waals surface area contributed by atoms with E-state index in [1.807, 2.05) is 0 Å². The number of nitrogens with zero attached hydrogens (tertiary/aromatic N) is 2. The number of hydrogen-bond acceptors (Lipinski definition) is 1. The molecule has 0 saturated heterocycles. The highest BCUT2D eigenvalue weighted by Crippen LogP contribution is 2.50. The number of allylic oxidation sites excluding steroid dienone is 7.